The monoisotopic (exact) mass is 454 g/mol. The highest BCUT2D eigenvalue weighted by Gasteiger charge is 2.31. The topological polar surface area (TPSA) is 125 Å². The van der Waals surface area contributed by atoms with E-state index in [2.05, 4.69) is 10.6 Å². The number of rotatable bonds is 8. The van der Waals surface area contributed by atoms with Gasteiger partial charge in [-0.3, -0.25) is 9.59 Å². The van der Waals surface area contributed by atoms with Crippen LogP contribution in [0.3, 0.4) is 0 Å². The minimum atomic E-state index is -1.33. The molecule has 0 aromatic heterocycles. The third-order valence-corrected chi connectivity index (χ3v) is 5.80. The summed E-state index contributed by atoms with van der Waals surface area (Å²) in [6.07, 6.45) is -2.32. The molecule has 0 heterocycles. The van der Waals surface area contributed by atoms with Crippen LogP contribution in [0.15, 0.2) is 48.5 Å². The molecule has 2 amide bonds. The van der Waals surface area contributed by atoms with Gasteiger partial charge in [0.25, 0.3) is 0 Å². The maximum absolute atomic E-state index is 12.5. The van der Waals surface area contributed by atoms with Gasteiger partial charge in [-0.25, -0.2) is 4.79 Å². The number of aliphatic hydroxyl groups is 1. The number of alkyl carbamates (subject to hydrolysis) is 1. The number of ether oxygens (including phenoxy) is 1. The summed E-state index contributed by atoms with van der Waals surface area (Å²) in [5.74, 6) is -2.10. The summed E-state index contributed by atoms with van der Waals surface area (Å²) in [7, 11) is 0. The van der Waals surface area contributed by atoms with Crippen LogP contribution in [-0.4, -0.2) is 53.5 Å². The Morgan fingerprint density at radius 3 is 2.06 bits per heavy atom. The van der Waals surface area contributed by atoms with Gasteiger partial charge in [0.05, 0.1) is 12.5 Å². The van der Waals surface area contributed by atoms with E-state index in [0.29, 0.717) is 0 Å². The van der Waals surface area contributed by atoms with E-state index in [1.165, 1.54) is 0 Å². The predicted octanol–water partition coefficient (Wildman–Crippen LogP) is 2.89. The van der Waals surface area contributed by atoms with Gasteiger partial charge >= 0.3 is 12.1 Å². The van der Waals surface area contributed by atoms with Crippen molar-refractivity contribution >= 4 is 18.0 Å². The van der Waals surface area contributed by atoms with Crippen LogP contribution in [0.5, 0.6) is 0 Å². The van der Waals surface area contributed by atoms with Crippen molar-refractivity contribution in [3.8, 4) is 11.1 Å². The van der Waals surface area contributed by atoms with Crippen LogP contribution in [0, 0.1) is 5.41 Å². The van der Waals surface area contributed by atoms with Gasteiger partial charge in [0.15, 0.2) is 0 Å². The number of amides is 2. The molecular weight excluding hydrogens is 424 g/mol. The molecule has 3 rings (SSSR count). The van der Waals surface area contributed by atoms with Crippen molar-refractivity contribution in [3.63, 3.8) is 0 Å². The van der Waals surface area contributed by atoms with E-state index in [1.807, 2.05) is 69.3 Å². The molecule has 8 nitrogen and oxygen atoms in total. The standard InChI is InChI=1S/C25H30N2O6/c1-25(2,3)21(28)13-26-23(31)20(12-22(29)30)27-24(32)33-14-19-17-10-6-4-8-15(17)16-9-5-7-11-18(16)19/h4-11,19-21,28H,12-14H2,1-3H3,(H,26,31)(H,27,32)(H,29,30). The Bertz CT molecular complexity index is 984. The lowest BCUT2D eigenvalue weighted by Crippen LogP contribution is -2.50. The molecule has 1 aliphatic carbocycles. The summed E-state index contributed by atoms with van der Waals surface area (Å²) in [6.45, 7) is 5.42. The Morgan fingerprint density at radius 2 is 1.55 bits per heavy atom. The normalized spacial score (nSPS) is 14.5. The number of nitrogens with one attached hydrogen (secondary N) is 2. The van der Waals surface area contributed by atoms with Gasteiger partial charge in [-0.15, -0.1) is 0 Å². The molecule has 2 unspecified atom stereocenters. The zero-order valence-electron chi connectivity index (χ0n) is 19.0. The Labute approximate surface area is 193 Å². The van der Waals surface area contributed by atoms with Gasteiger partial charge in [0.2, 0.25) is 5.91 Å². The molecule has 4 N–H and O–H groups in total. The zero-order valence-corrected chi connectivity index (χ0v) is 19.0. The third kappa shape index (κ3) is 5.90. The fourth-order valence-corrected chi connectivity index (χ4v) is 3.79. The lowest BCUT2D eigenvalue weighted by Gasteiger charge is -2.26. The van der Waals surface area contributed by atoms with E-state index in [4.69, 9.17) is 9.84 Å². The van der Waals surface area contributed by atoms with Gasteiger partial charge in [-0.2, -0.15) is 0 Å². The van der Waals surface area contributed by atoms with Gasteiger partial charge in [-0.1, -0.05) is 69.3 Å². The first-order chi connectivity index (χ1) is 15.6. The zero-order chi connectivity index (χ0) is 24.2. The molecular formula is C25H30N2O6. The van der Waals surface area contributed by atoms with Crippen molar-refractivity contribution in [2.45, 2.75) is 45.3 Å². The minimum absolute atomic E-state index is 0.0456. The van der Waals surface area contributed by atoms with E-state index in [-0.39, 0.29) is 19.1 Å². The molecule has 2 atom stereocenters. The van der Waals surface area contributed by atoms with Crippen molar-refractivity contribution < 1.29 is 29.3 Å². The SMILES string of the molecule is CC(C)(C)C(O)CNC(=O)C(CC(=O)O)NC(=O)OCC1c2ccccc2-c2ccccc21. The number of fused-ring (bicyclic) bond motifs is 3. The second-order valence-corrected chi connectivity index (χ2v) is 9.25. The second-order valence-electron chi connectivity index (χ2n) is 9.25. The van der Waals surface area contributed by atoms with Gasteiger partial charge < -0.3 is 25.6 Å². The van der Waals surface area contributed by atoms with Crippen LogP contribution in [0.25, 0.3) is 11.1 Å². The van der Waals surface area contributed by atoms with Crippen molar-refractivity contribution in [1.82, 2.24) is 10.6 Å². The molecule has 0 radical (unpaired) electrons. The number of hydrogen-bond donors (Lipinski definition) is 4. The summed E-state index contributed by atoms with van der Waals surface area (Å²) >= 11 is 0. The van der Waals surface area contributed by atoms with Crippen molar-refractivity contribution in [3.05, 3.63) is 59.7 Å². The smallest absolute Gasteiger partial charge is 0.407 e. The molecule has 0 bridgehead atoms. The molecule has 8 heteroatoms. The maximum atomic E-state index is 12.5. The van der Waals surface area contributed by atoms with E-state index >= 15 is 0 Å². The van der Waals surface area contributed by atoms with Crippen molar-refractivity contribution in [1.29, 1.82) is 0 Å². The number of hydrogen-bond acceptors (Lipinski definition) is 5. The van der Waals surface area contributed by atoms with Crippen LogP contribution in [0.2, 0.25) is 0 Å². The predicted molar refractivity (Wildman–Crippen MR) is 123 cm³/mol. The highest BCUT2D eigenvalue weighted by Crippen LogP contribution is 2.44. The summed E-state index contributed by atoms with van der Waals surface area (Å²) in [6, 6.07) is 14.5. The molecule has 2 aromatic rings. The van der Waals surface area contributed by atoms with E-state index in [0.717, 1.165) is 22.3 Å². The first-order valence-electron chi connectivity index (χ1n) is 10.9. The molecule has 0 spiro atoms. The van der Waals surface area contributed by atoms with Crippen LogP contribution in [0.4, 0.5) is 4.79 Å². The largest absolute Gasteiger partial charge is 0.481 e. The second kappa shape index (κ2) is 10.0. The number of aliphatic hydroxyl groups excluding tert-OH is 1. The maximum Gasteiger partial charge on any atom is 0.407 e. The summed E-state index contributed by atoms with van der Waals surface area (Å²) in [4.78, 5) is 36.2. The number of carbonyl (C=O) groups is 3. The third-order valence-electron chi connectivity index (χ3n) is 5.80. The minimum Gasteiger partial charge on any atom is -0.481 e. The van der Waals surface area contributed by atoms with E-state index in [9.17, 15) is 19.5 Å². The Hall–Kier alpha value is -3.39. The van der Waals surface area contributed by atoms with Crippen LogP contribution >= 0.6 is 0 Å². The molecule has 0 saturated heterocycles. The van der Waals surface area contributed by atoms with Crippen LogP contribution in [0.1, 0.15) is 44.2 Å². The fraction of sp³-hybridized carbons (Fsp3) is 0.400. The molecule has 0 saturated carbocycles. The van der Waals surface area contributed by atoms with E-state index < -0.39 is 42.0 Å². The fourth-order valence-electron chi connectivity index (χ4n) is 3.79. The number of benzene rings is 2. The van der Waals surface area contributed by atoms with Gasteiger partial charge in [0.1, 0.15) is 12.6 Å². The number of aliphatic carboxylic acids is 1. The highest BCUT2D eigenvalue weighted by atomic mass is 16.5. The lowest BCUT2D eigenvalue weighted by molar-refractivity contribution is -0.140. The Kier molecular flexibility index (Phi) is 7.38. The van der Waals surface area contributed by atoms with Crippen LogP contribution < -0.4 is 10.6 Å². The molecule has 0 fully saturated rings. The summed E-state index contributed by atoms with van der Waals surface area (Å²) < 4.78 is 5.41. The summed E-state index contributed by atoms with van der Waals surface area (Å²) in [5, 5.41) is 24.1. The number of carboxylic acid groups (broad SMARTS) is 1. The summed E-state index contributed by atoms with van der Waals surface area (Å²) in [5.41, 5.74) is 3.80. The average molecular weight is 455 g/mol. The van der Waals surface area contributed by atoms with Crippen LogP contribution in [-0.2, 0) is 14.3 Å². The Morgan fingerprint density at radius 1 is 1.00 bits per heavy atom. The van der Waals surface area contributed by atoms with E-state index in [1.54, 1.807) is 0 Å². The van der Waals surface area contributed by atoms with Gasteiger partial charge in [-0.05, 0) is 27.7 Å². The lowest BCUT2D eigenvalue weighted by atomic mass is 9.89. The highest BCUT2D eigenvalue weighted by molar-refractivity contribution is 5.89. The average Bonchev–Trinajstić information content (AvgIpc) is 3.08. The first-order valence-corrected chi connectivity index (χ1v) is 10.9. The molecule has 176 valence electrons. The number of carboxylic acids is 1. The molecule has 2 aromatic carbocycles. The number of carbonyl (C=O) groups excluding carboxylic acids is 2. The van der Waals surface area contributed by atoms with Crippen molar-refractivity contribution in [2.75, 3.05) is 13.2 Å². The van der Waals surface area contributed by atoms with Crippen molar-refractivity contribution in [2.24, 2.45) is 5.41 Å². The molecule has 1 aliphatic rings. The molecule has 33 heavy (non-hydrogen) atoms. The quantitative estimate of drug-likeness (QED) is 0.486. The first kappa shape index (κ1) is 24.3. The molecule has 0 aliphatic heterocycles. The van der Waals surface area contributed by atoms with Gasteiger partial charge in [0, 0.05) is 12.5 Å². The Balaban J connectivity index is 1.63.